The van der Waals surface area contributed by atoms with Crippen molar-refractivity contribution in [1.82, 2.24) is 0 Å². The third kappa shape index (κ3) is 3.35. The Balaban J connectivity index is 2.19. The maximum atomic E-state index is 13.5. The minimum Gasteiger partial charge on any atom is -0.494 e. The first-order valence-corrected chi connectivity index (χ1v) is 6.85. The molecule has 0 fully saturated rings. The van der Waals surface area contributed by atoms with Gasteiger partial charge in [-0.3, -0.25) is 0 Å². The fraction of sp³-hybridized carbons (Fsp3) is 0.0769. The first-order valence-electron chi connectivity index (χ1n) is 4.96. The van der Waals surface area contributed by atoms with Gasteiger partial charge in [-0.05, 0) is 65.1 Å². The largest absolute Gasteiger partial charge is 0.494 e. The van der Waals surface area contributed by atoms with E-state index >= 15 is 0 Å². The van der Waals surface area contributed by atoms with Crippen molar-refractivity contribution in [2.75, 3.05) is 7.11 Å². The molecule has 0 saturated heterocycles. The summed E-state index contributed by atoms with van der Waals surface area (Å²) in [5.74, 6) is -0.0556. The maximum Gasteiger partial charge on any atom is 0.166 e. The lowest BCUT2D eigenvalue weighted by Crippen LogP contribution is -1.87. The van der Waals surface area contributed by atoms with Gasteiger partial charge < -0.3 is 4.74 Å². The van der Waals surface area contributed by atoms with E-state index in [0.29, 0.717) is 0 Å². The summed E-state index contributed by atoms with van der Waals surface area (Å²) in [6, 6.07) is 13.1. The second kappa shape index (κ2) is 5.73. The molecule has 0 bridgehead atoms. The standard InChI is InChI=1S/C13H10FIOS/c1-16-13-7-6-11(8-12(13)14)17-10-4-2-9(15)3-5-10/h2-8H,1H3. The Bertz CT molecular complexity index is 513. The van der Waals surface area contributed by atoms with Gasteiger partial charge in [0.25, 0.3) is 0 Å². The zero-order chi connectivity index (χ0) is 12.3. The lowest BCUT2D eigenvalue weighted by Gasteiger charge is -2.05. The summed E-state index contributed by atoms with van der Waals surface area (Å²) in [4.78, 5) is 1.96. The van der Waals surface area contributed by atoms with E-state index in [2.05, 4.69) is 22.6 Å². The molecule has 2 aromatic rings. The van der Waals surface area contributed by atoms with Crippen LogP contribution in [0.5, 0.6) is 5.75 Å². The molecule has 1 nitrogen and oxygen atoms in total. The van der Waals surface area contributed by atoms with Gasteiger partial charge in [-0.25, -0.2) is 4.39 Å². The predicted octanol–water partition coefficient (Wildman–Crippen LogP) is 4.59. The fourth-order valence-electron chi connectivity index (χ4n) is 1.35. The number of hydrogen-bond donors (Lipinski definition) is 0. The molecule has 0 aliphatic carbocycles. The monoisotopic (exact) mass is 360 g/mol. The van der Waals surface area contributed by atoms with E-state index in [4.69, 9.17) is 4.74 Å². The van der Waals surface area contributed by atoms with E-state index in [1.54, 1.807) is 6.07 Å². The van der Waals surface area contributed by atoms with Crippen LogP contribution in [-0.2, 0) is 0 Å². The SMILES string of the molecule is COc1ccc(Sc2ccc(I)cc2)cc1F. The number of rotatable bonds is 3. The van der Waals surface area contributed by atoms with Crippen molar-refractivity contribution in [1.29, 1.82) is 0 Å². The highest BCUT2D eigenvalue weighted by Gasteiger charge is 2.04. The zero-order valence-electron chi connectivity index (χ0n) is 9.11. The van der Waals surface area contributed by atoms with E-state index in [0.717, 1.165) is 9.79 Å². The molecule has 4 heteroatoms. The Morgan fingerprint density at radius 1 is 1.06 bits per heavy atom. The van der Waals surface area contributed by atoms with Crippen molar-refractivity contribution in [3.8, 4) is 5.75 Å². The molecule has 0 amide bonds. The normalized spacial score (nSPS) is 10.3. The van der Waals surface area contributed by atoms with E-state index in [1.165, 1.54) is 28.5 Å². The first-order chi connectivity index (χ1) is 8.19. The smallest absolute Gasteiger partial charge is 0.166 e. The summed E-state index contributed by atoms with van der Waals surface area (Å²) < 4.78 is 19.5. The minimum absolute atomic E-state index is 0.275. The Hall–Kier alpha value is -0.750. The molecule has 0 aromatic heterocycles. The van der Waals surface area contributed by atoms with Gasteiger partial charge in [0.2, 0.25) is 0 Å². The van der Waals surface area contributed by atoms with Gasteiger partial charge in [0.05, 0.1) is 7.11 Å². The fourth-order valence-corrected chi connectivity index (χ4v) is 2.55. The van der Waals surface area contributed by atoms with E-state index in [9.17, 15) is 4.39 Å². The summed E-state index contributed by atoms with van der Waals surface area (Å²) >= 11 is 3.79. The molecule has 0 aliphatic heterocycles. The highest BCUT2D eigenvalue weighted by molar-refractivity contribution is 14.1. The molecule has 88 valence electrons. The Labute approximate surface area is 118 Å². The molecule has 0 atom stereocenters. The number of benzene rings is 2. The second-order valence-corrected chi connectivity index (χ2v) is 5.74. The molecule has 0 spiro atoms. The van der Waals surface area contributed by atoms with Crippen LogP contribution in [0, 0.1) is 9.39 Å². The first kappa shape index (κ1) is 12.7. The number of methoxy groups -OCH3 is 1. The molecule has 2 rings (SSSR count). The van der Waals surface area contributed by atoms with Crippen LogP contribution in [0.15, 0.2) is 52.3 Å². The Kier molecular flexibility index (Phi) is 4.28. The number of halogens is 2. The van der Waals surface area contributed by atoms with Gasteiger partial charge in [0.1, 0.15) is 0 Å². The number of ether oxygens (including phenoxy) is 1. The third-order valence-electron chi connectivity index (χ3n) is 2.17. The molecular weight excluding hydrogens is 350 g/mol. The van der Waals surface area contributed by atoms with Crippen LogP contribution in [0.4, 0.5) is 4.39 Å². The molecule has 0 heterocycles. The summed E-state index contributed by atoms with van der Waals surface area (Å²) in [7, 11) is 1.46. The van der Waals surface area contributed by atoms with Gasteiger partial charge >= 0.3 is 0 Å². The van der Waals surface area contributed by atoms with Crippen molar-refractivity contribution < 1.29 is 9.13 Å². The van der Waals surface area contributed by atoms with Gasteiger partial charge in [-0.2, -0.15) is 0 Å². The van der Waals surface area contributed by atoms with Gasteiger partial charge in [0, 0.05) is 13.4 Å². The van der Waals surface area contributed by atoms with Crippen LogP contribution in [0.3, 0.4) is 0 Å². The molecule has 0 unspecified atom stereocenters. The molecule has 0 aliphatic rings. The van der Waals surface area contributed by atoms with Gasteiger partial charge in [0.15, 0.2) is 11.6 Å². The molecule has 17 heavy (non-hydrogen) atoms. The predicted molar refractivity (Wildman–Crippen MR) is 76.2 cm³/mol. The van der Waals surface area contributed by atoms with Gasteiger partial charge in [-0.15, -0.1) is 0 Å². The summed E-state index contributed by atoms with van der Waals surface area (Å²) in [5.41, 5.74) is 0. The van der Waals surface area contributed by atoms with Crippen LogP contribution in [0.1, 0.15) is 0 Å². The molecule has 0 saturated carbocycles. The van der Waals surface area contributed by atoms with Crippen molar-refractivity contribution in [3.63, 3.8) is 0 Å². The lowest BCUT2D eigenvalue weighted by molar-refractivity contribution is 0.385. The zero-order valence-corrected chi connectivity index (χ0v) is 12.1. The molecular formula is C13H10FIOS. The maximum absolute atomic E-state index is 13.5. The minimum atomic E-state index is -0.331. The molecule has 0 N–H and O–H groups in total. The van der Waals surface area contributed by atoms with Crippen LogP contribution in [0.25, 0.3) is 0 Å². The highest BCUT2D eigenvalue weighted by Crippen LogP contribution is 2.30. The summed E-state index contributed by atoms with van der Waals surface area (Å²) in [6.45, 7) is 0. The van der Waals surface area contributed by atoms with Crippen LogP contribution < -0.4 is 4.74 Å². The molecule has 2 aromatic carbocycles. The van der Waals surface area contributed by atoms with Crippen molar-refractivity contribution in [2.24, 2.45) is 0 Å². The van der Waals surface area contributed by atoms with Crippen molar-refractivity contribution >= 4 is 34.4 Å². The van der Waals surface area contributed by atoms with E-state index < -0.39 is 0 Å². The average molecular weight is 360 g/mol. The second-order valence-electron chi connectivity index (χ2n) is 3.35. The quantitative estimate of drug-likeness (QED) is 0.741. The van der Waals surface area contributed by atoms with E-state index in [-0.39, 0.29) is 11.6 Å². The Morgan fingerprint density at radius 3 is 2.29 bits per heavy atom. The topological polar surface area (TPSA) is 9.23 Å². The van der Waals surface area contributed by atoms with Crippen LogP contribution >= 0.6 is 34.4 Å². The van der Waals surface area contributed by atoms with Crippen molar-refractivity contribution in [3.05, 3.63) is 51.9 Å². The Morgan fingerprint density at radius 2 is 1.71 bits per heavy atom. The van der Waals surface area contributed by atoms with Crippen molar-refractivity contribution in [2.45, 2.75) is 9.79 Å². The lowest BCUT2D eigenvalue weighted by atomic mass is 10.3. The van der Waals surface area contributed by atoms with E-state index in [1.807, 2.05) is 30.3 Å². The number of hydrogen-bond acceptors (Lipinski definition) is 2. The summed E-state index contributed by atoms with van der Waals surface area (Å²) in [5, 5.41) is 0. The van der Waals surface area contributed by atoms with Gasteiger partial charge in [-0.1, -0.05) is 11.8 Å². The summed E-state index contributed by atoms with van der Waals surface area (Å²) in [6.07, 6.45) is 0. The highest BCUT2D eigenvalue weighted by atomic mass is 127. The van der Waals surface area contributed by atoms with Crippen LogP contribution in [-0.4, -0.2) is 7.11 Å². The average Bonchev–Trinajstić information content (AvgIpc) is 2.32. The van der Waals surface area contributed by atoms with Crippen LogP contribution in [0.2, 0.25) is 0 Å². The molecule has 0 radical (unpaired) electrons. The third-order valence-corrected chi connectivity index (χ3v) is 3.89.